The number of carbonyl (C=O) groups excluding carboxylic acids is 2. The molecule has 0 saturated carbocycles. The maximum atomic E-state index is 11.7. The molecule has 0 radical (unpaired) electrons. The summed E-state index contributed by atoms with van der Waals surface area (Å²) in [6.07, 6.45) is 0. The Bertz CT molecular complexity index is 356. The molecule has 0 spiro atoms. The van der Waals surface area contributed by atoms with E-state index in [2.05, 4.69) is 5.04 Å². The first-order valence-corrected chi connectivity index (χ1v) is 3.52. The largest absolute Gasteiger partial charge is 0.288 e. The van der Waals surface area contributed by atoms with E-state index >= 15 is 0 Å². The van der Waals surface area contributed by atoms with E-state index in [0.29, 0.717) is 0 Å². The summed E-state index contributed by atoms with van der Waals surface area (Å²) >= 11 is 0. The molecule has 0 unspecified atom stereocenters. The standard InChI is InChI=1S/C8H4FNO3/c9-13-10-7(11)5-3-1-2-4-6(5)8(10)12/h1-4H. The number of hydrogen-bond acceptors (Lipinski definition) is 3. The summed E-state index contributed by atoms with van der Waals surface area (Å²) in [6, 6.07) is 6.06. The van der Waals surface area contributed by atoms with Crippen molar-refractivity contribution in [1.82, 2.24) is 5.06 Å². The summed E-state index contributed by atoms with van der Waals surface area (Å²) in [5, 5.41) is 3.24. The quantitative estimate of drug-likeness (QED) is 0.609. The van der Waals surface area contributed by atoms with Crippen LogP contribution < -0.4 is 0 Å². The summed E-state index contributed by atoms with van der Waals surface area (Å²) in [6.45, 7) is 0. The van der Waals surface area contributed by atoms with Gasteiger partial charge in [0.15, 0.2) is 0 Å². The molecule has 0 aromatic heterocycles. The summed E-state index contributed by atoms with van der Waals surface area (Å²) in [7, 11) is 0. The van der Waals surface area contributed by atoms with Crippen molar-refractivity contribution in [3.63, 3.8) is 0 Å². The Hall–Kier alpha value is -1.75. The summed E-state index contributed by atoms with van der Waals surface area (Å²) < 4.78 is 11.7. The van der Waals surface area contributed by atoms with Gasteiger partial charge in [-0.1, -0.05) is 17.2 Å². The second-order valence-corrected chi connectivity index (χ2v) is 2.52. The fourth-order valence-corrected chi connectivity index (χ4v) is 1.23. The van der Waals surface area contributed by atoms with Gasteiger partial charge in [-0.05, 0) is 16.7 Å². The molecule has 0 N–H and O–H groups in total. The van der Waals surface area contributed by atoms with Gasteiger partial charge in [0.2, 0.25) is 0 Å². The molecule has 1 aromatic carbocycles. The predicted molar refractivity (Wildman–Crippen MR) is 39.1 cm³/mol. The van der Waals surface area contributed by atoms with Gasteiger partial charge in [0, 0.05) is 0 Å². The lowest BCUT2D eigenvalue weighted by molar-refractivity contribution is -0.265. The average Bonchev–Trinajstić information content (AvgIpc) is 2.41. The van der Waals surface area contributed by atoms with E-state index in [-0.39, 0.29) is 16.2 Å². The first-order valence-electron chi connectivity index (χ1n) is 3.52. The van der Waals surface area contributed by atoms with E-state index in [1.54, 1.807) is 12.1 Å². The van der Waals surface area contributed by atoms with Crippen LogP contribution in [0.2, 0.25) is 0 Å². The maximum absolute atomic E-state index is 11.7. The topological polar surface area (TPSA) is 46.6 Å². The second kappa shape index (κ2) is 2.63. The predicted octanol–water partition coefficient (Wildman–Crippen LogP) is 1.10. The van der Waals surface area contributed by atoms with E-state index in [1.807, 2.05) is 0 Å². The number of imide groups is 1. The van der Waals surface area contributed by atoms with Crippen LogP contribution in [0.25, 0.3) is 0 Å². The molecule has 5 heteroatoms. The summed E-state index contributed by atoms with van der Waals surface area (Å²) in [5.41, 5.74) is 0.315. The van der Waals surface area contributed by atoms with E-state index in [4.69, 9.17) is 0 Å². The molecule has 66 valence electrons. The zero-order valence-electron chi connectivity index (χ0n) is 6.36. The zero-order chi connectivity index (χ0) is 9.42. The Morgan fingerprint density at radius 1 is 1.08 bits per heavy atom. The lowest BCUT2D eigenvalue weighted by Gasteiger charge is -2.02. The van der Waals surface area contributed by atoms with Crippen molar-refractivity contribution in [1.29, 1.82) is 0 Å². The lowest BCUT2D eigenvalue weighted by atomic mass is 10.1. The van der Waals surface area contributed by atoms with Gasteiger partial charge < -0.3 is 0 Å². The van der Waals surface area contributed by atoms with Crippen molar-refractivity contribution < 1.29 is 19.2 Å². The molecule has 0 atom stereocenters. The molecule has 1 heterocycles. The molecule has 0 fully saturated rings. The van der Waals surface area contributed by atoms with Crippen LogP contribution in [-0.2, 0) is 5.04 Å². The van der Waals surface area contributed by atoms with Crippen LogP contribution in [0.5, 0.6) is 0 Å². The number of fused-ring (bicyclic) bond motifs is 1. The molecular formula is C8H4FNO3. The molecule has 2 amide bonds. The number of rotatable bonds is 1. The third kappa shape index (κ3) is 0.940. The number of halogens is 1. The highest BCUT2D eigenvalue weighted by atomic mass is 19.3. The lowest BCUT2D eigenvalue weighted by Crippen LogP contribution is -2.26. The Morgan fingerprint density at radius 3 is 1.92 bits per heavy atom. The molecule has 1 aromatic rings. The number of hydrogen-bond donors (Lipinski definition) is 0. The van der Waals surface area contributed by atoms with Crippen LogP contribution in [0.1, 0.15) is 20.7 Å². The monoisotopic (exact) mass is 181 g/mol. The minimum absolute atomic E-state index is 0.0880. The minimum Gasteiger partial charge on any atom is -0.266 e. The van der Waals surface area contributed by atoms with Gasteiger partial charge in [0.1, 0.15) is 0 Å². The van der Waals surface area contributed by atoms with E-state index in [1.165, 1.54) is 12.1 Å². The molecule has 1 aliphatic heterocycles. The molecule has 0 aliphatic carbocycles. The van der Waals surface area contributed by atoms with E-state index in [0.717, 1.165) is 0 Å². The van der Waals surface area contributed by atoms with Gasteiger partial charge in [-0.3, -0.25) is 9.59 Å². The number of nitrogens with zero attached hydrogens (tertiary/aromatic N) is 1. The Balaban J connectivity index is 2.57. The maximum Gasteiger partial charge on any atom is 0.288 e. The Labute approximate surface area is 72.4 Å². The van der Waals surface area contributed by atoms with Gasteiger partial charge in [0.05, 0.1) is 11.1 Å². The molecular weight excluding hydrogens is 177 g/mol. The van der Waals surface area contributed by atoms with Crippen molar-refractivity contribution in [3.8, 4) is 0 Å². The third-order valence-corrected chi connectivity index (χ3v) is 1.83. The molecule has 2 rings (SSSR count). The zero-order valence-corrected chi connectivity index (χ0v) is 6.36. The van der Waals surface area contributed by atoms with Crippen LogP contribution in [0.4, 0.5) is 4.53 Å². The molecule has 4 nitrogen and oxygen atoms in total. The smallest absolute Gasteiger partial charge is 0.266 e. The number of amides is 2. The van der Waals surface area contributed by atoms with Gasteiger partial charge >= 0.3 is 0 Å². The molecule has 0 bridgehead atoms. The highest BCUT2D eigenvalue weighted by Gasteiger charge is 2.37. The first-order chi connectivity index (χ1) is 6.25. The summed E-state index contributed by atoms with van der Waals surface area (Å²) in [4.78, 5) is 22.4. The van der Waals surface area contributed by atoms with E-state index in [9.17, 15) is 14.1 Å². The van der Waals surface area contributed by atoms with Gasteiger partial charge in [-0.25, -0.2) is 0 Å². The number of carbonyl (C=O) groups is 2. The highest BCUT2D eigenvalue weighted by molar-refractivity contribution is 6.20. The van der Waals surface area contributed by atoms with Crippen molar-refractivity contribution in [2.45, 2.75) is 0 Å². The SMILES string of the molecule is O=C1c2ccccc2C(=O)N1OF. The minimum atomic E-state index is -0.775. The van der Waals surface area contributed by atoms with Crippen LogP contribution >= 0.6 is 0 Å². The number of benzene rings is 1. The van der Waals surface area contributed by atoms with Crippen molar-refractivity contribution >= 4 is 11.8 Å². The fourth-order valence-electron chi connectivity index (χ4n) is 1.23. The Morgan fingerprint density at radius 2 is 1.54 bits per heavy atom. The van der Waals surface area contributed by atoms with Gasteiger partial charge in [-0.15, -0.1) is 5.06 Å². The van der Waals surface area contributed by atoms with Crippen molar-refractivity contribution in [2.75, 3.05) is 0 Å². The van der Waals surface area contributed by atoms with Gasteiger partial charge in [0.25, 0.3) is 11.8 Å². The normalized spacial score (nSPS) is 15.0. The van der Waals surface area contributed by atoms with Crippen LogP contribution in [0.3, 0.4) is 0 Å². The fraction of sp³-hybridized carbons (Fsp3) is 0. The van der Waals surface area contributed by atoms with Crippen LogP contribution in [-0.4, -0.2) is 16.9 Å². The molecule has 0 saturated heterocycles. The van der Waals surface area contributed by atoms with Crippen LogP contribution in [0.15, 0.2) is 24.3 Å². The average molecular weight is 181 g/mol. The summed E-state index contributed by atoms with van der Waals surface area (Å²) in [5.74, 6) is -1.55. The van der Waals surface area contributed by atoms with Crippen LogP contribution in [0, 0.1) is 0 Å². The van der Waals surface area contributed by atoms with Gasteiger partial charge in [-0.2, -0.15) is 0 Å². The molecule has 13 heavy (non-hydrogen) atoms. The third-order valence-electron chi connectivity index (χ3n) is 1.83. The Kier molecular flexibility index (Phi) is 1.60. The highest BCUT2D eigenvalue weighted by Crippen LogP contribution is 2.22. The van der Waals surface area contributed by atoms with Crippen molar-refractivity contribution in [3.05, 3.63) is 35.4 Å². The molecule has 1 aliphatic rings. The van der Waals surface area contributed by atoms with Crippen molar-refractivity contribution in [2.24, 2.45) is 0 Å². The number of hydroxylamine groups is 2. The second-order valence-electron chi connectivity index (χ2n) is 2.52. The van der Waals surface area contributed by atoms with E-state index < -0.39 is 11.8 Å². The first kappa shape index (κ1) is 7.88.